The highest BCUT2D eigenvalue weighted by Gasteiger charge is 2.22. The summed E-state index contributed by atoms with van der Waals surface area (Å²) in [5.41, 5.74) is 2.50. The van der Waals surface area contributed by atoms with Crippen molar-refractivity contribution in [3.63, 3.8) is 0 Å². The molecule has 0 unspecified atom stereocenters. The Morgan fingerprint density at radius 1 is 1.06 bits per heavy atom. The zero-order valence-electron chi connectivity index (χ0n) is 17.0. The van der Waals surface area contributed by atoms with Crippen LogP contribution < -0.4 is 9.47 Å². The molecule has 0 aliphatic rings. The van der Waals surface area contributed by atoms with E-state index in [1.165, 1.54) is 37.5 Å². The first-order chi connectivity index (χ1) is 14.8. The number of aryl methyl sites for hydroxylation is 1. The highest BCUT2D eigenvalue weighted by atomic mass is 35.5. The fraction of sp³-hybridized carbons (Fsp3) is 0.125. The zero-order valence-corrected chi connectivity index (χ0v) is 18.6. The van der Waals surface area contributed by atoms with Gasteiger partial charge in [-0.15, -0.1) is 0 Å². The summed E-state index contributed by atoms with van der Waals surface area (Å²) in [6.45, 7) is 2.26. The third kappa shape index (κ3) is 5.26. The lowest BCUT2D eigenvalue weighted by Gasteiger charge is -2.14. The van der Waals surface area contributed by atoms with Crippen LogP contribution in [0.4, 0.5) is 0 Å². The van der Waals surface area contributed by atoms with Crippen molar-refractivity contribution < 1.29 is 17.9 Å². The van der Waals surface area contributed by atoms with Gasteiger partial charge in [0.1, 0.15) is 17.6 Å². The molecule has 0 aromatic heterocycles. The standard InChI is InChI=1S/C24H20ClNO4S/c1-17-6-8-18(9-7-17)16-30-24-19(4-3-5-23(24)29-2)14-22(15-26)31(27,28)21-12-10-20(25)11-13-21/h3-14H,16H2,1-2H3/b22-14+. The molecule has 0 bridgehead atoms. The van der Waals surface area contributed by atoms with Crippen molar-refractivity contribution >= 4 is 27.5 Å². The molecule has 0 amide bonds. The molecule has 0 saturated carbocycles. The SMILES string of the molecule is COc1cccc(/C=C(\C#N)S(=O)(=O)c2ccc(Cl)cc2)c1OCc1ccc(C)cc1. The van der Waals surface area contributed by atoms with E-state index in [1.807, 2.05) is 31.2 Å². The minimum absolute atomic E-state index is 0.0188. The second-order valence-electron chi connectivity index (χ2n) is 6.73. The van der Waals surface area contributed by atoms with Crippen LogP contribution in [0.5, 0.6) is 11.5 Å². The molecule has 158 valence electrons. The van der Waals surface area contributed by atoms with Crippen molar-refractivity contribution in [1.29, 1.82) is 5.26 Å². The number of ether oxygens (including phenoxy) is 2. The first-order valence-corrected chi connectivity index (χ1v) is 11.2. The molecular weight excluding hydrogens is 434 g/mol. The van der Waals surface area contributed by atoms with E-state index in [2.05, 4.69) is 0 Å². The minimum Gasteiger partial charge on any atom is -0.493 e. The quantitative estimate of drug-likeness (QED) is 0.437. The molecular formula is C24H20ClNO4S. The molecule has 3 rings (SSSR count). The van der Waals surface area contributed by atoms with E-state index in [4.69, 9.17) is 21.1 Å². The van der Waals surface area contributed by atoms with E-state index in [0.717, 1.165) is 11.1 Å². The van der Waals surface area contributed by atoms with Crippen LogP contribution in [0.3, 0.4) is 0 Å². The van der Waals surface area contributed by atoms with E-state index >= 15 is 0 Å². The Morgan fingerprint density at radius 2 is 1.74 bits per heavy atom. The Balaban J connectivity index is 2.00. The largest absolute Gasteiger partial charge is 0.493 e. The monoisotopic (exact) mass is 453 g/mol. The van der Waals surface area contributed by atoms with Crippen molar-refractivity contribution in [2.24, 2.45) is 0 Å². The number of hydrogen-bond donors (Lipinski definition) is 0. The fourth-order valence-electron chi connectivity index (χ4n) is 2.85. The van der Waals surface area contributed by atoms with Gasteiger partial charge in [-0.3, -0.25) is 0 Å². The number of nitriles is 1. The van der Waals surface area contributed by atoms with Gasteiger partial charge in [-0.2, -0.15) is 5.26 Å². The number of benzene rings is 3. The zero-order chi connectivity index (χ0) is 22.4. The average molecular weight is 454 g/mol. The average Bonchev–Trinajstić information content (AvgIpc) is 2.77. The van der Waals surface area contributed by atoms with Crippen LogP contribution >= 0.6 is 11.6 Å². The van der Waals surface area contributed by atoms with Crippen LogP contribution in [0.15, 0.2) is 76.5 Å². The molecule has 0 N–H and O–H groups in total. The van der Waals surface area contributed by atoms with Gasteiger partial charge < -0.3 is 9.47 Å². The summed E-state index contributed by atoms with van der Waals surface area (Å²) in [6, 6.07) is 20.4. The van der Waals surface area contributed by atoms with Gasteiger partial charge in [0, 0.05) is 10.6 Å². The molecule has 3 aromatic carbocycles. The molecule has 31 heavy (non-hydrogen) atoms. The highest BCUT2D eigenvalue weighted by Crippen LogP contribution is 2.34. The summed E-state index contributed by atoms with van der Waals surface area (Å²) in [6.07, 6.45) is 1.29. The Hall–Kier alpha value is -3.27. The number of nitrogens with zero attached hydrogens (tertiary/aromatic N) is 1. The Bertz CT molecular complexity index is 1240. The first-order valence-electron chi connectivity index (χ1n) is 9.33. The normalized spacial score (nSPS) is 11.6. The fourth-order valence-corrected chi connectivity index (χ4v) is 4.13. The van der Waals surface area contributed by atoms with Crippen LogP contribution in [0.25, 0.3) is 6.08 Å². The maximum atomic E-state index is 13.0. The minimum atomic E-state index is -4.03. The lowest BCUT2D eigenvalue weighted by molar-refractivity contribution is 0.284. The van der Waals surface area contributed by atoms with Crippen LogP contribution in [-0.2, 0) is 16.4 Å². The van der Waals surface area contributed by atoms with Crippen molar-refractivity contribution in [1.82, 2.24) is 0 Å². The van der Waals surface area contributed by atoms with E-state index in [0.29, 0.717) is 22.1 Å². The van der Waals surface area contributed by atoms with Crippen LogP contribution in [0.2, 0.25) is 5.02 Å². The molecule has 0 fully saturated rings. The number of rotatable bonds is 7. The van der Waals surface area contributed by atoms with Crippen LogP contribution in [0, 0.1) is 18.3 Å². The maximum absolute atomic E-state index is 13.0. The summed E-state index contributed by atoms with van der Waals surface area (Å²) in [4.78, 5) is -0.432. The van der Waals surface area contributed by atoms with Gasteiger partial charge in [0.05, 0.1) is 12.0 Å². The number of methoxy groups -OCH3 is 1. The highest BCUT2D eigenvalue weighted by molar-refractivity contribution is 7.95. The molecule has 5 nitrogen and oxygen atoms in total. The molecule has 0 aliphatic heterocycles. The summed E-state index contributed by atoms with van der Waals surface area (Å²) >= 11 is 5.85. The summed E-state index contributed by atoms with van der Waals surface area (Å²) in [5.74, 6) is 0.784. The molecule has 3 aromatic rings. The molecule has 0 aliphatic carbocycles. The predicted molar refractivity (Wildman–Crippen MR) is 121 cm³/mol. The number of sulfone groups is 1. The molecule has 0 heterocycles. The number of allylic oxidation sites excluding steroid dienone is 1. The molecule has 0 radical (unpaired) electrons. The van der Waals surface area contributed by atoms with Gasteiger partial charge in [-0.1, -0.05) is 53.6 Å². The Kier molecular flexibility index (Phi) is 7.01. The van der Waals surface area contributed by atoms with Gasteiger partial charge >= 0.3 is 0 Å². The maximum Gasteiger partial charge on any atom is 0.216 e. The Morgan fingerprint density at radius 3 is 2.35 bits per heavy atom. The summed E-state index contributed by atoms with van der Waals surface area (Å²) in [5, 5.41) is 10.00. The lowest BCUT2D eigenvalue weighted by atomic mass is 10.1. The van der Waals surface area contributed by atoms with Crippen molar-refractivity contribution in [3.05, 3.63) is 93.3 Å². The van der Waals surface area contributed by atoms with E-state index in [9.17, 15) is 13.7 Å². The van der Waals surface area contributed by atoms with E-state index in [-0.39, 0.29) is 11.5 Å². The summed E-state index contributed by atoms with van der Waals surface area (Å²) < 4.78 is 37.3. The lowest BCUT2D eigenvalue weighted by Crippen LogP contribution is -2.04. The molecule has 7 heteroatoms. The van der Waals surface area contributed by atoms with Crippen LogP contribution in [-0.4, -0.2) is 15.5 Å². The number of halogens is 1. The third-order valence-electron chi connectivity index (χ3n) is 4.54. The number of hydrogen-bond acceptors (Lipinski definition) is 5. The first kappa shape index (κ1) is 22.4. The molecule has 0 spiro atoms. The second-order valence-corrected chi connectivity index (χ2v) is 9.09. The van der Waals surface area contributed by atoms with Crippen molar-refractivity contribution in [3.8, 4) is 17.6 Å². The van der Waals surface area contributed by atoms with Crippen molar-refractivity contribution in [2.45, 2.75) is 18.4 Å². The van der Waals surface area contributed by atoms with Gasteiger partial charge in [0.15, 0.2) is 11.5 Å². The van der Waals surface area contributed by atoms with Crippen LogP contribution in [0.1, 0.15) is 16.7 Å². The number of para-hydroxylation sites is 1. The molecule has 0 saturated heterocycles. The topological polar surface area (TPSA) is 76.4 Å². The van der Waals surface area contributed by atoms with Gasteiger partial charge in [-0.25, -0.2) is 8.42 Å². The van der Waals surface area contributed by atoms with E-state index in [1.54, 1.807) is 24.3 Å². The summed E-state index contributed by atoms with van der Waals surface area (Å²) in [7, 11) is -2.53. The Labute approximate surface area is 187 Å². The third-order valence-corrected chi connectivity index (χ3v) is 6.48. The molecule has 0 atom stereocenters. The smallest absolute Gasteiger partial charge is 0.216 e. The van der Waals surface area contributed by atoms with Gasteiger partial charge in [0.25, 0.3) is 0 Å². The van der Waals surface area contributed by atoms with Gasteiger partial charge in [0.2, 0.25) is 9.84 Å². The second kappa shape index (κ2) is 9.69. The predicted octanol–water partition coefficient (Wildman–Crippen LogP) is 5.57. The van der Waals surface area contributed by atoms with Crippen molar-refractivity contribution in [2.75, 3.05) is 7.11 Å². The van der Waals surface area contributed by atoms with E-state index < -0.39 is 14.7 Å². The van der Waals surface area contributed by atoms with Gasteiger partial charge in [-0.05, 0) is 48.9 Å².